The van der Waals surface area contributed by atoms with Gasteiger partial charge in [0.1, 0.15) is 0 Å². The summed E-state index contributed by atoms with van der Waals surface area (Å²) in [6.45, 7) is 7.10. The average Bonchev–Trinajstić information content (AvgIpc) is 2.25. The van der Waals surface area contributed by atoms with Gasteiger partial charge in [-0.1, -0.05) is 38.5 Å². The van der Waals surface area contributed by atoms with E-state index in [1.54, 1.807) is 12.1 Å². The van der Waals surface area contributed by atoms with Crippen molar-refractivity contribution >= 4 is 10.1 Å². The van der Waals surface area contributed by atoms with Gasteiger partial charge in [-0.25, -0.2) is 0 Å². The lowest BCUT2D eigenvalue weighted by Crippen LogP contribution is -2.31. The van der Waals surface area contributed by atoms with Crippen LogP contribution in [0.4, 0.5) is 0 Å². The van der Waals surface area contributed by atoms with Crippen molar-refractivity contribution in [3.8, 4) is 0 Å². The fourth-order valence-electron chi connectivity index (χ4n) is 1.18. The largest absolute Gasteiger partial charge is 0.390 e. The second-order valence-corrected chi connectivity index (χ2v) is 7.05. The van der Waals surface area contributed by atoms with Crippen molar-refractivity contribution in [3.05, 3.63) is 29.8 Å². The molecule has 1 aromatic carbocycles. The Hall–Kier alpha value is -0.910. The molecule has 1 rings (SSSR count). The van der Waals surface area contributed by atoms with E-state index in [4.69, 9.17) is 4.18 Å². The van der Waals surface area contributed by atoms with Crippen LogP contribution < -0.4 is 0 Å². The number of hydrogen-bond donors (Lipinski definition) is 1. The van der Waals surface area contributed by atoms with Gasteiger partial charge >= 0.3 is 0 Å². The minimum Gasteiger partial charge on any atom is -0.390 e. The molecule has 1 unspecified atom stereocenters. The number of aliphatic hydroxyl groups excluding tert-OH is 1. The van der Waals surface area contributed by atoms with Crippen LogP contribution in [0.3, 0.4) is 0 Å². The minimum atomic E-state index is -3.79. The highest BCUT2D eigenvalue weighted by molar-refractivity contribution is 7.86. The molecule has 0 aliphatic rings. The van der Waals surface area contributed by atoms with E-state index in [0.29, 0.717) is 0 Å². The van der Waals surface area contributed by atoms with Gasteiger partial charge in [-0.15, -0.1) is 0 Å². The van der Waals surface area contributed by atoms with E-state index in [-0.39, 0.29) is 11.5 Å². The Balaban J connectivity index is 2.75. The minimum absolute atomic E-state index is 0.106. The number of aryl methyl sites for hydroxylation is 1. The number of hydrogen-bond acceptors (Lipinski definition) is 4. The molecule has 0 spiro atoms. The first-order valence-electron chi connectivity index (χ1n) is 5.77. The predicted octanol–water partition coefficient (Wildman–Crippen LogP) is 2.11. The van der Waals surface area contributed by atoms with Gasteiger partial charge in [-0.2, -0.15) is 8.42 Å². The maximum Gasteiger partial charge on any atom is 0.297 e. The molecule has 102 valence electrons. The molecular formula is C13H20O4S. The highest BCUT2D eigenvalue weighted by Gasteiger charge is 2.25. The van der Waals surface area contributed by atoms with Crippen molar-refractivity contribution in [2.75, 3.05) is 6.61 Å². The third-order valence-electron chi connectivity index (χ3n) is 2.69. The van der Waals surface area contributed by atoms with Crippen molar-refractivity contribution in [2.45, 2.75) is 38.7 Å². The van der Waals surface area contributed by atoms with Gasteiger partial charge in [-0.05, 0) is 24.5 Å². The molecule has 0 aliphatic heterocycles. The molecule has 0 saturated heterocycles. The Morgan fingerprint density at radius 1 is 1.22 bits per heavy atom. The quantitative estimate of drug-likeness (QED) is 0.853. The molecule has 0 heterocycles. The van der Waals surface area contributed by atoms with Gasteiger partial charge in [0.15, 0.2) is 0 Å². The standard InChI is InChI=1S/C13H20O4S/c1-10-5-7-11(8-6-10)18(15,16)17-9-12(14)13(2,3)4/h5-8,12,14H,9H2,1-4H3. The maximum absolute atomic E-state index is 11.8. The Morgan fingerprint density at radius 2 is 1.72 bits per heavy atom. The highest BCUT2D eigenvalue weighted by atomic mass is 32.2. The van der Waals surface area contributed by atoms with Crippen molar-refractivity contribution in [1.29, 1.82) is 0 Å². The smallest absolute Gasteiger partial charge is 0.297 e. The van der Waals surface area contributed by atoms with Gasteiger partial charge < -0.3 is 5.11 Å². The van der Waals surface area contributed by atoms with Gasteiger partial charge in [-0.3, -0.25) is 4.18 Å². The summed E-state index contributed by atoms with van der Waals surface area (Å²) >= 11 is 0. The normalized spacial score (nSPS) is 14.5. The summed E-state index contributed by atoms with van der Waals surface area (Å²) in [5.41, 5.74) is 0.562. The maximum atomic E-state index is 11.8. The molecular weight excluding hydrogens is 252 g/mol. The van der Waals surface area contributed by atoms with Crippen LogP contribution in [0.1, 0.15) is 26.3 Å². The zero-order valence-electron chi connectivity index (χ0n) is 11.2. The Morgan fingerprint density at radius 3 is 2.17 bits per heavy atom. The molecule has 0 radical (unpaired) electrons. The van der Waals surface area contributed by atoms with Crippen LogP contribution >= 0.6 is 0 Å². The number of benzene rings is 1. The summed E-state index contributed by atoms with van der Waals surface area (Å²) in [7, 11) is -3.79. The summed E-state index contributed by atoms with van der Waals surface area (Å²) in [5.74, 6) is 0. The molecule has 0 fully saturated rings. The van der Waals surface area contributed by atoms with E-state index in [9.17, 15) is 13.5 Å². The fourth-order valence-corrected chi connectivity index (χ4v) is 2.09. The molecule has 5 heteroatoms. The first-order chi connectivity index (χ1) is 8.13. The lowest BCUT2D eigenvalue weighted by atomic mass is 9.90. The lowest BCUT2D eigenvalue weighted by Gasteiger charge is -2.25. The molecule has 0 bridgehead atoms. The van der Waals surface area contributed by atoms with E-state index in [1.807, 2.05) is 27.7 Å². The molecule has 1 atom stereocenters. The van der Waals surface area contributed by atoms with E-state index >= 15 is 0 Å². The third kappa shape index (κ3) is 4.08. The summed E-state index contributed by atoms with van der Waals surface area (Å²) < 4.78 is 28.5. The molecule has 1 N–H and O–H groups in total. The molecule has 1 aromatic rings. The first kappa shape index (κ1) is 15.1. The summed E-state index contributed by atoms with van der Waals surface area (Å²) in [5, 5.41) is 9.75. The zero-order chi connectivity index (χ0) is 14.0. The molecule has 18 heavy (non-hydrogen) atoms. The Bertz CT molecular complexity index is 483. The Kier molecular flexibility index (Phi) is 4.53. The van der Waals surface area contributed by atoms with Gasteiger partial charge in [0, 0.05) is 0 Å². The van der Waals surface area contributed by atoms with E-state index in [1.165, 1.54) is 12.1 Å². The Labute approximate surface area is 109 Å². The monoisotopic (exact) mass is 272 g/mol. The predicted molar refractivity (Wildman–Crippen MR) is 69.8 cm³/mol. The van der Waals surface area contributed by atoms with E-state index in [2.05, 4.69) is 0 Å². The zero-order valence-corrected chi connectivity index (χ0v) is 12.0. The van der Waals surface area contributed by atoms with Crippen molar-refractivity contribution in [3.63, 3.8) is 0 Å². The molecule has 0 amide bonds. The van der Waals surface area contributed by atoms with Crippen LogP contribution in [0.2, 0.25) is 0 Å². The van der Waals surface area contributed by atoms with E-state index < -0.39 is 21.6 Å². The topological polar surface area (TPSA) is 63.6 Å². The van der Waals surface area contributed by atoms with E-state index in [0.717, 1.165) is 5.56 Å². The number of rotatable bonds is 4. The van der Waals surface area contributed by atoms with Crippen LogP contribution in [0.25, 0.3) is 0 Å². The van der Waals surface area contributed by atoms with Crippen LogP contribution in [-0.2, 0) is 14.3 Å². The second kappa shape index (κ2) is 5.38. The van der Waals surface area contributed by atoms with Crippen LogP contribution in [0, 0.1) is 12.3 Å². The van der Waals surface area contributed by atoms with Crippen molar-refractivity contribution < 1.29 is 17.7 Å². The average molecular weight is 272 g/mol. The van der Waals surface area contributed by atoms with Gasteiger partial charge in [0.25, 0.3) is 10.1 Å². The second-order valence-electron chi connectivity index (χ2n) is 5.43. The van der Waals surface area contributed by atoms with Crippen molar-refractivity contribution in [2.24, 2.45) is 5.41 Å². The van der Waals surface area contributed by atoms with Gasteiger partial charge in [0.05, 0.1) is 17.6 Å². The summed E-state index contributed by atoms with van der Waals surface area (Å²) in [4.78, 5) is 0.106. The first-order valence-corrected chi connectivity index (χ1v) is 7.18. The van der Waals surface area contributed by atoms with Crippen LogP contribution in [0.5, 0.6) is 0 Å². The lowest BCUT2D eigenvalue weighted by molar-refractivity contribution is 0.0238. The van der Waals surface area contributed by atoms with Crippen LogP contribution in [0.15, 0.2) is 29.2 Å². The number of aliphatic hydroxyl groups is 1. The third-order valence-corrected chi connectivity index (χ3v) is 3.99. The fraction of sp³-hybridized carbons (Fsp3) is 0.538. The molecule has 0 saturated carbocycles. The summed E-state index contributed by atoms with van der Waals surface area (Å²) in [6.07, 6.45) is -0.835. The highest BCUT2D eigenvalue weighted by Crippen LogP contribution is 2.21. The molecule has 0 aromatic heterocycles. The van der Waals surface area contributed by atoms with Crippen molar-refractivity contribution in [1.82, 2.24) is 0 Å². The summed E-state index contributed by atoms with van der Waals surface area (Å²) in [6, 6.07) is 6.40. The molecule has 4 nitrogen and oxygen atoms in total. The molecule has 0 aliphatic carbocycles. The van der Waals surface area contributed by atoms with Crippen LogP contribution in [-0.4, -0.2) is 26.2 Å². The SMILES string of the molecule is Cc1ccc(S(=O)(=O)OCC(O)C(C)(C)C)cc1. The van der Waals surface area contributed by atoms with Gasteiger partial charge in [0.2, 0.25) is 0 Å².